The number of piperazine rings is 1. The van der Waals surface area contributed by atoms with Crippen LogP contribution in [0, 0.1) is 0 Å². The Kier molecular flexibility index (Phi) is 4.72. The topological polar surface area (TPSA) is 44.8 Å². The van der Waals surface area contributed by atoms with Crippen molar-refractivity contribution in [3.63, 3.8) is 0 Å². The minimum Gasteiger partial charge on any atom is -0.455 e. The number of ether oxygens (including phenoxy) is 1. The molecule has 0 aliphatic carbocycles. The molecule has 5 nitrogen and oxygen atoms in total. The van der Waals surface area contributed by atoms with Crippen molar-refractivity contribution in [1.82, 2.24) is 9.80 Å². The fourth-order valence-corrected chi connectivity index (χ4v) is 2.89. The highest BCUT2D eigenvalue weighted by Crippen LogP contribution is 2.32. The molecule has 1 radical (unpaired) electrons. The molecule has 113 valence electrons. The van der Waals surface area contributed by atoms with Gasteiger partial charge >= 0.3 is 0 Å². The van der Waals surface area contributed by atoms with Crippen LogP contribution >= 0.6 is 0 Å². The minimum atomic E-state index is -0.0331. The number of rotatable bonds is 6. The Morgan fingerprint density at radius 2 is 2.00 bits per heavy atom. The van der Waals surface area contributed by atoms with Gasteiger partial charge in [0, 0.05) is 32.6 Å². The van der Waals surface area contributed by atoms with E-state index in [0.717, 1.165) is 57.0 Å². The van der Waals surface area contributed by atoms with Crippen molar-refractivity contribution < 1.29 is 9.53 Å². The maximum atomic E-state index is 10.2. The Labute approximate surface area is 125 Å². The summed E-state index contributed by atoms with van der Waals surface area (Å²) in [7, 11) is 0. The Hall–Kier alpha value is -1.59. The molecule has 1 unspecified atom stereocenters. The molecular weight excluding hydrogens is 266 g/mol. The van der Waals surface area contributed by atoms with Crippen LogP contribution in [0.1, 0.15) is 19.3 Å². The summed E-state index contributed by atoms with van der Waals surface area (Å²) >= 11 is 0. The van der Waals surface area contributed by atoms with Crippen molar-refractivity contribution in [2.24, 2.45) is 0 Å². The van der Waals surface area contributed by atoms with E-state index in [4.69, 9.17) is 4.74 Å². The summed E-state index contributed by atoms with van der Waals surface area (Å²) in [5.74, 6) is 0.940. The second-order valence-corrected chi connectivity index (χ2v) is 5.59. The number of nitrogens with one attached hydrogen (secondary N) is 1. The third kappa shape index (κ3) is 3.54. The number of hydrogen-bond acceptors (Lipinski definition) is 5. The molecule has 2 heterocycles. The summed E-state index contributed by atoms with van der Waals surface area (Å²) in [5, 5.41) is 3.42. The van der Waals surface area contributed by atoms with E-state index in [0.29, 0.717) is 6.42 Å². The van der Waals surface area contributed by atoms with Gasteiger partial charge in [-0.15, -0.1) is 0 Å². The van der Waals surface area contributed by atoms with E-state index in [1.807, 2.05) is 24.5 Å². The molecule has 5 heteroatoms. The van der Waals surface area contributed by atoms with Gasteiger partial charge in [-0.05, 0) is 31.5 Å². The molecule has 0 bridgehead atoms. The first-order valence-corrected chi connectivity index (χ1v) is 7.70. The van der Waals surface area contributed by atoms with E-state index in [1.165, 1.54) is 0 Å². The molecule has 0 amide bonds. The molecule has 0 aromatic heterocycles. The number of hydrogen-bond donors (Lipinski definition) is 1. The summed E-state index contributed by atoms with van der Waals surface area (Å²) in [5.41, 5.74) is 1.08. The maximum Gasteiger partial charge on any atom is 0.230 e. The molecule has 2 aliphatic heterocycles. The molecule has 1 aromatic rings. The zero-order valence-corrected chi connectivity index (χ0v) is 12.3. The molecule has 1 saturated heterocycles. The van der Waals surface area contributed by atoms with Gasteiger partial charge < -0.3 is 15.0 Å². The van der Waals surface area contributed by atoms with Crippen molar-refractivity contribution in [2.75, 3.05) is 38.0 Å². The van der Waals surface area contributed by atoms with Crippen molar-refractivity contribution in [1.29, 1.82) is 0 Å². The number of benzene rings is 1. The normalized spacial score (nSPS) is 22.4. The predicted octanol–water partition coefficient (Wildman–Crippen LogP) is 1.67. The highest BCUT2D eigenvalue weighted by atomic mass is 16.5. The number of para-hydroxylation sites is 2. The zero-order chi connectivity index (χ0) is 14.5. The number of fused-ring (bicyclic) bond motifs is 1. The monoisotopic (exact) mass is 288 g/mol. The summed E-state index contributed by atoms with van der Waals surface area (Å²) in [6.45, 7) is 5.21. The predicted molar refractivity (Wildman–Crippen MR) is 82.0 cm³/mol. The fourth-order valence-electron chi connectivity index (χ4n) is 2.89. The van der Waals surface area contributed by atoms with Crippen LogP contribution in [0.3, 0.4) is 0 Å². The zero-order valence-electron chi connectivity index (χ0n) is 12.3. The van der Waals surface area contributed by atoms with Gasteiger partial charge in [0.2, 0.25) is 6.35 Å². The number of unbranched alkanes of at least 4 members (excludes halogenated alkanes) is 2. The fraction of sp³-hybridized carbons (Fsp3) is 0.562. The van der Waals surface area contributed by atoms with Crippen LogP contribution in [-0.4, -0.2) is 55.2 Å². The summed E-state index contributed by atoms with van der Waals surface area (Å²) in [6.07, 6.45) is 4.52. The van der Waals surface area contributed by atoms with Gasteiger partial charge in [-0.1, -0.05) is 12.1 Å². The van der Waals surface area contributed by atoms with Crippen molar-refractivity contribution in [3.8, 4) is 5.75 Å². The Balaban J connectivity index is 1.42. The van der Waals surface area contributed by atoms with Gasteiger partial charge in [0.15, 0.2) is 6.29 Å². The molecule has 1 N–H and O–H groups in total. The van der Waals surface area contributed by atoms with Crippen LogP contribution in [0.25, 0.3) is 0 Å². The molecule has 21 heavy (non-hydrogen) atoms. The van der Waals surface area contributed by atoms with Crippen molar-refractivity contribution >= 4 is 12.0 Å². The van der Waals surface area contributed by atoms with E-state index < -0.39 is 0 Å². The highest BCUT2D eigenvalue weighted by molar-refractivity contribution is 5.59. The van der Waals surface area contributed by atoms with E-state index in [2.05, 4.69) is 21.2 Å². The Bertz CT molecular complexity index is 447. The van der Waals surface area contributed by atoms with Gasteiger partial charge in [-0.25, -0.2) is 4.90 Å². The van der Waals surface area contributed by atoms with Gasteiger partial charge in [-0.2, -0.15) is 0 Å². The van der Waals surface area contributed by atoms with E-state index in [-0.39, 0.29) is 6.35 Å². The maximum absolute atomic E-state index is 10.2. The van der Waals surface area contributed by atoms with Crippen LogP contribution in [-0.2, 0) is 4.79 Å². The average molecular weight is 288 g/mol. The van der Waals surface area contributed by atoms with E-state index in [1.54, 1.807) is 0 Å². The number of anilines is 1. The molecule has 1 fully saturated rings. The van der Waals surface area contributed by atoms with E-state index in [9.17, 15) is 4.79 Å². The lowest BCUT2D eigenvalue weighted by Crippen LogP contribution is -2.53. The Morgan fingerprint density at radius 3 is 2.76 bits per heavy atom. The van der Waals surface area contributed by atoms with Gasteiger partial charge in [0.25, 0.3) is 0 Å². The molecule has 0 spiro atoms. The van der Waals surface area contributed by atoms with Crippen LogP contribution < -0.4 is 10.1 Å². The first-order valence-electron chi connectivity index (χ1n) is 7.70. The lowest BCUT2D eigenvalue weighted by atomic mass is 10.2. The van der Waals surface area contributed by atoms with Gasteiger partial charge in [-0.3, -0.25) is 4.79 Å². The second-order valence-electron chi connectivity index (χ2n) is 5.59. The summed E-state index contributed by atoms with van der Waals surface area (Å²) in [4.78, 5) is 15.0. The number of nitrogens with zero attached hydrogens (tertiary/aromatic N) is 2. The standard InChI is InChI=1S/C16H22N3O2/c20-13-5-1-4-8-18-9-11-19(12-10-18)16-17-14-6-2-3-7-15(14)21-16/h2-3,6-7,16-17H,1,4-5,8-12H2. The minimum absolute atomic E-state index is 0.0331. The summed E-state index contributed by atoms with van der Waals surface area (Å²) < 4.78 is 5.95. The molecule has 2 aliphatic rings. The molecule has 1 aromatic carbocycles. The quantitative estimate of drug-likeness (QED) is 0.807. The van der Waals surface area contributed by atoms with Crippen molar-refractivity contribution in [3.05, 3.63) is 24.3 Å². The highest BCUT2D eigenvalue weighted by Gasteiger charge is 2.29. The molecule has 3 rings (SSSR count). The average Bonchev–Trinajstić information content (AvgIpc) is 2.96. The first-order chi connectivity index (χ1) is 10.4. The first kappa shape index (κ1) is 14.4. The summed E-state index contributed by atoms with van der Waals surface area (Å²) in [6, 6.07) is 8.07. The largest absolute Gasteiger partial charge is 0.455 e. The molecule has 0 saturated carbocycles. The number of carbonyl (C=O) groups excluding carboxylic acids is 1. The van der Waals surface area contributed by atoms with Crippen molar-refractivity contribution in [2.45, 2.75) is 25.6 Å². The lowest BCUT2D eigenvalue weighted by molar-refractivity contribution is 0.0183. The lowest BCUT2D eigenvalue weighted by Gasteiger charge is -2.37. The molecule has 1 atom stereocenters. The molecular formula is C16H22N3O2. The second kappa shape index (κ2) is 6.91. The van der Waals surface area contributed by atoms with Gasteiger partial charge in [0.1, 0.15) is 5.75 Å². The van der Waals surface area contributed by atoms with Crippen LogP contribution in [0.5, 0.6) is 5.75 Å². The smallest absolute Gasteiger partial charge is 0.230 e. The third-order valence-corrected chi connectivity index (χ3v) is 4.15. The van der Waals surface area contributed by atoms with E-state index >= 15 is 0 Å². The SMILES string of the molecule is O=[C]CCCCN1CCN(C2Nc3ccccc3O2)CC1. The third-order valence-electron chi connectivity index (χ3n) is 4.15. The Morgan fingerprint density at radius 1 is 1.19 bits per heavy atom. The van der Waals surface area contributed by atoms with Gasteiger partial charge in [0.05, 0.1) is 5.69 Å². The van der Waals surface area contributed by atoms with Crippen LogP contribution in [0.2, 0.25) is 0 Å². The van der Waals surface area contributed by atoms with Crippen LogP contribution in [0.15, 0.2) is 24.3 Å². The van der Waals surface area contributed by atoms with Crippen LogP contribution in [0.4, 0.5) is 5.69 Å².